The highest BCUT2D eigenvalue weighted by molar-refractivity contribution is 8.00. The number of thioether (sulfide) groups is 1. The number of ketones is 1. The molecule has 0 unspecified atom stereocenters. The van der Waals surface area contributed by atoms with Crippen LogP contribution in [0.3, 0.4) is 0 Å². The first-order valence-electron chi connectivity index (χ1n) is 14.1. The zero-order valence-electron chi connectivity index (χ0n) is 23.5. The number of amides is 2. The van der Waals surface area contributed by atoms with Gasteiger partial charge >= 0.3 is 0 Å². The lowest BCUT2D eigenvalue weighted by Gasteiger charge is -2.12. The average molecular weight is 599 g/mol. The molecule has 0 saturated carbocycles. The van der Waals surface area contributed by atoms with Crippen LogP contribution in [0.25, 0.3) is 17.2 Å². The molecule has 0 atom stereocenters. The van der Waals surface area contributed by atoms with Gasteiger partial charge in [0.1, 0.15) is 11.5 Å². The van der Waals surface area contributed by atoms with Crippen LogP contribution in [-0.2, 0) is 11.2 Å². The second-order valence-corrected chi connectivity index (χ2v) is 11.4. The number of fused-ring (bicyclic) bond motifs is 3. The molecule has 216 valence electrons. The molecule has 2 N–H and O–H groups in total. The first-order valence-corrected chi connectivity index (χ1v) is 15.0. The Labute approximate surface area is 258 Å². The third-order valence-electron chi connectivity index (χ3n) is 7.31. The van der Waals surface area contributed by atoms with E-state index in [9.17, 15) is 18.8 Å². The first-order chi connectivity index (χ1) is 21.4. The van der Waals surface area contributed by atoms with Gasteiger partial charge in [0, 0.05) is 21.7 Å². The van der Waals surface area contributed by atoms with Crippen molar-refractivity contribution in [2.45, 2.75) is 11.3 Å². The maximum atomic E-state index is 13.4. The molecule has 0 fully saturated rings. The molecule has 0 spiro atoms. The Balaban J connectivity index is 1.09. The second-order valence-electron chi connectivity index (χ2n) is 10.3. The summed E-state index contributed by atoms with van der Waals surface area (Å²) in [4.78, 5) is 39.9. The summed E-state index contributed by atoms with van der Waals surface area (Å²) in [6.45, 7) is 0. The highest BCUT2D eigenvalue weighted by Crippen LogP contribution is 2.37. The van der Waals surface area contributed by atoms with E-state index in [-0.39, 0.29) is 17.2 Å². The largest absolute Gasteiger partial charge is 0.321 e. The van der Waals surface area contributed by atoms with Crippen LogP contribution in [0.2, 0.25) is 0 Å². The molecule has 1 aliphatic carbocycles. The van der Waals surface area contributed by atoms with E-state index in [1.165, 1.54) is 64.4 Å². The summed E-state index contributed by atoms with van der Waals surface area (Å²) in [5, 5.41) is 5.48. The van der Waals surface area contributed by atoms with Gasteiger partial charge in [-0.1, -0.05) is 66.7 Å². The molecular formula is C37H27FN2O3S. The number of hydrogen-bond acceptors (Lipinski definition) is 4. The monoisotopic (exact) mass is 598 g/mol. The Morgan fingerprint density at radius 2 is 1.43 bits per heavy atom. The van der Waals surface area contributed by atoms with Crippen LogP contribution >= 0.6 is 11.8 Å². The van der Waals surface area contributed by atoms with Gasteiger partial charge < -0.3 is 10.6 Å². The molecule has 6 rings (SSSR count). The van der Waals surface area contributed by atoms with Crippen molar-refractivity contribution in [3.05, 3.63) is 161 Å². The molecule has 0 heterocycles. The van der Waals surface area contributed by atoms with Crippen LogP contribution < -0.4 is 10.6 Å². The molecule has 5 aromatic carbocycles. The molecule has 0 bridgehead atoms. The van der Waals surface area contributed by atoms with Gasteiger partial charge in [-0.25, -0.2) is 4.39 Å². The first kappa shape index (κ1) is 28.8. The van der Waals surface area contributed by atoms with Gasteiger partial charge in [0.2, 0.25) is 0 Å². The SMILES string of the molecule is O=C(Nc1ccc(SCC(=O)c2ccc3c(c2)Cc2ccccc2-3)cc1)/C(=C/c1ccc(F)cc1)NC(=O)c1ccccc1. The highest BCUT2D eigenvalue weighted by Gasteiger charge is 2.20. The van der Waals surface area contributed by atoms with E-state index in [2.05, 4.69) is 22.8 Å². The normalized spacial score (nSPS) is 11.8. The zero-order chi connectivity index (χ0) is 30.5. The van der Waals surface area contributed by atoms with Crippen molar-refractivity contribution in [2.24, 2.45) is 0 Å². The number of halogens is 1. The smallest absolute Gasteiger partial charge is 0.272 e. The number of Topliss-reactive ketones (excluding diaryl/α,β-unsaturated/α-hetero) is 1. The van der Waals surface area contributed by atoms with Crippen LogP contribution in [0.5, 0.6) is 0 Å². The van der Waals surface area contributed by atoms with Gasteiger partial charge in [0.15, 0.2) is 5.78 Å². The van der Waals surface area contributed by atoms with Crippen molar-refractivity contribution < 1.29 is 18.8 Å². The number of anilines is 1. The second kappa shape index (κ2) is 12.9. The van der Waals surface area contributed by atoms with E-state index in [0.29, 0.717) is 22.4 Å². The van der Waals surface area contributed by atoms with Crippen LogP contribution in [0, 0.1) is 5.82 Å². The van der Waals surface area contributed by atoms with Crippen LogP contribution in [-0.4, -0.2) is 23.4 Å². The Bertz CT molecular complexity index is 1890. The number of benzene rings is 5. The van der Waals surface area contributed by atoms with E-state index in [4.69, 9.17) is 0 Å². The third-order valence-corrected chi connectivity index (χ3v) is 8.32. The summed E-state index contributed by atoms with van der Waals surface area (Å²) in [6, 6.07) is 35.6. The summed E-state index contributed by atoms with van der Waals surface area (Å²) >= 11 is 1.43. The minimum Gasteiger partial charge on any atom is -0.321 e. The number of hydrogen-bond donors (Lipinski definition) is 2. The van der Waals surface area contributed by atoms with Crippen molar-refractivity contribution in [3.8, 4) is 11.1 Å². The highest BCUT2D eigenvalue weighted by atomic mass is 32.2. The van der Waals surface area contributed by atoms with Crippen molar-refractivity contribution in [3.63, 3.8) is 0 Å². The predicted molar refractivity (Wildman–Crippen MR) is 173 cm³/mol. The van der Waals surface area contributed by atoms with Gasteiger partial charge in [-0.3, -0.25) is 14.4 Å². The molecule has 5 nitrogen and oxygen atoms in total. The molecule has 0 radical (unpaired) electrons. The Kier molecular flexibility index (Phi) is 8.48. The molecule has 0 aromatic heterocycles. The molecular weight excluding hydrogens is 571 g/mol. The topological polar surface area (TPSA) is 75.3 Å². The molecule has 5 aromatic rings. The minimum absolute atomic E-state index is 0.00644. The summed E-state index contributed by atoms with van der Waals surface area (Å²) in [6.07, 6.45) is 2.33. The van der Waals surface area contributed by atoms with Crippen LogP contribution in [0.15, 0.2) is 132 Å². The average Bonchev–Trinajstić information content (AvgIpc) is 3.43. The van der Waals surface area contributed by atoms with Crippen molar-refractivity contribution >= 4 is 41.1 Å². The van der Waals surface area contributed by atoms with Crippen molar-refractivity contribution in [2.75, 3.05) is 11.1 Å². The Morgan fingerprint density at radius 1 is 0.727 bits per heavy atom. The summed E-state index contributed by atoms with van der Waals surface area (Å²) < 4.78 is 13.4. The predicted octanol–water partition coefficient (Wildman–Crippen LogP) is 7.78. The fourth-order valence-electron chi connectivity index (χ4n) is 5.05. The van der Waals surface area contributed by atoms with Gasteiger partial charge in [0.25, 0.3) is 11.8 Å². The molecule has 44 heavy (non-hydrogen) atoms. The number of nitrogens with one attached hydrogen (secondary N) is 2. The molecule has 0 aliphatic heterocycles. The van der Waals surface area contributed by atoms with E-state index < -0.39 is 17.6 Å². The molecule has 2 amide bonds. The fraction of sp³-hybridized carbons (Fsp3) is 0.0541. The van der Waals surface area contributed by atoms with Crippen molar-refractivity contribution in [1.82, 2.24) is 5.32 Å². The lowest BCUT2D eigenvalue weighted by atomic mass is 10.0. The summed E-state index contributed by atoms with van der Waals surface area (Å²) in [7, 11) is 0. The third kappa shape index (κ3) is 6.69. The maximum absolute atomic E-state index is 13.4. The van der Waals surface area contributed by atoms with E-state index in [1.807, 2.05) is 42.5 Å². The van der Waals surface area contributed by atoms with Crippen LogP contribution in [0.1, 0.15) is 37.4 Å². The van der Waals surface area contributed by atoms with Crippen LogP contribution in [0.4, 0.5) is 10.1 Å². The zero-order valence-corrected chi connectivity index (χ0v) is 24.4. The van der Waals surface area contributed by atoms with E-state index in [1.54, 1.807) is 42.5 Å². The lowest BCUT2D eigenvalue weighted by molar-refractivity contribution is -0.113. The molecule has 7 heteroatoms. The number of carbonyl (C=O) groups excluding carboxylic acids is 3. The Hall–Kier alpha value is -5.27. The van der Waals surface area contributed by atoms with E-state index in [0.717, 1.165) is 11.3 Å². The quantitative estimate of drug-likeness (QED) is 0.101. The Morgan fingerprint density at radius 3 is 2.20 bits per heavy atom. The fourth-order valence-corrected chi connectivity index (χ4v) is 5.84. The minimum atomic E-state index is -0.534. The molecule has 0 saturated heterocycles. The van der Waals surface area contributed by atoms with Gasteiger partial charge in [-0.15, -0.1) is 11.8 Å². The standard InChI is InChI=1S/C37H27FN2O3S/c38-29-13-10-24(11-14-29)20-34(40-36(42)25-6-2-1-3-7-25)37(43)39-30-15-17-31(18-16-30)44-23-35(41)27-12-19-33-28(22-27)21-26-8-4-5-9-32(26)33/h1-20,22H,21,23H2,(H,39,43)(H,40,42)/b34-20-. The summed E-state index contributed by atoms with van der Waals surface area (Å²) in [5.74, 6) is -1.05. The van der Waals surface area contributed by atoms with Gasteiger partial charge in [-0.2, -0.15) is 0 Å². The lowest BCUT2D eigenvalue weighted by Crippen LogP contribution is -2.30. The van der Waals surface area contributed by atoms with Gasteiger partial charge in [-0.05, 0) is 94.9 Å². The van der Waals surface area contributed by atoms with Crippen molar-refractivity contribution in [1.29, 1.82) is 0 Å². The number of rotatable bonds is 9. The van der Waals surface area contributed by atoms with Gasteiger partial charge in [0.05, 0.1) is 5.75 Å². The number of carbonyl (C=O) groups is 3. The summed E-state index contributed by atoms with van der Waals surface area (Å²) in [5.41, 5.74) is 7.05. The van der Waals surface area contributed by atoms with E-state index >= 15 is 0 Å². The molecule has 1 aliphatic rings. The maximum Gasteiger partial charge on any atom is 0.272 e.